The Morgan fingerprint density at radius 1 is 1.65 bits per heavy atom. The van der Waals surface area contributed by atoms with Crippen LogP contribution >= 0.6 is 11.3 Å². The van der Waals surface area contributed by atoms with Gasteiger partial charge < -0.3 is 9.84 Å². The number of carbonyl (C=O) groups is 1. The van der Waals surface area contributed by atoms with E-state index in [1.165, 1.54) is 0 Å². The lowest BCUT2D eigenvalue weighted by molar-refractivity contribution is -0.00182. The molecule has 6 nitrogen and oxygen atoms in total. The molecule has 0 saturated carbocycles. The number of rotatable bonds is 2. The van der Waals surface area contributed by atoms with Gasteiger partial charge in [-0.1, -0.05) is 5.21 Å². The molecule has 88 valence electrons. The second kappa shape index (κ2) is 3.94. The Kier molecular flexibility index (Phi) is 2.41. The fourth-order valence-corrected chi connectivity index (χ4v) is 2.54. The first-order chi connectivity index (χ1) is 8.25. The van der Waals surface area contributed by atoms with E-state index in [-0.39, 0.29) is 18.4 Å². The molecule has 2 aromatic heterocycles. The van der Waals surface area contributed by atoms with Crippen molar-refractivity contribution in [1.29, 1.82) is 0 Å². The third kappa shape index (κ3) is 1.73. The molecule has 3 rings (SSSR count). The van der Waals surface area contributed by atoms with Gasteiger partial charge in [-0.15, -0.1) is 5.10 Å². The molecule has 0 aromatic carbocycles. The minimum atomic E-state index is -1.07. The molecule has 0 bridgehead atoms. The third-order valence-electron chi connectivity index (χ3n) is 2.72. The summed E-state index contributed by atoms with van der Waals surface area (Å²) >= 11 is 1.61. The van der Waals surface area contributed by atoms with Crippen LogP contribution in [0.3, 0.4) is 0 Å². The Bertz CT molecular complexity index is 549. The van der Waals surface area contributed by atoms with Crippen LogP contribution < -0.4 is 0 Å². The molecule has 1 aliphatic heterocycles. The van der Waals surface area contributed by atoms with Gasteiger partial charge in [0.15, 0.2) is 5.69 Å². The molecular weight excluding hydrogens is 242 g/mol. The summed E-state index contributed by atoms with van der Waals surface area (Å²) < 4.78 is 7.25. The number of hydrogen-bond acceptors (Lipinski definition) is 5. The van der Waals surface area contributed by atoms with E-state index in [4.69, 9.17) is 9.84 Å². The van der Waals surface area contributed by atoms with Gasteiger partial charge in [0.2, 0.25) is 0 Å². The zero-order chi connectivity index (χ0) is 11.8. The molecule has 7 heteroatoms. The lowest BCUT2D eigenvalue weighted by Gasteiger charge is -2.23. The Morgan fingerprint density at radius 2 is 2.53 bits per heavy atom. The highest BCUT2D eigenvalue weighted by molar-refractivity contribution is 7.07. The first-order valence-corrected chi connectivity index (χ1v) is 5.99. The van der Waals surface area contributed by atoms with Gasteiger partial charge in [0.1, 0.15) is 6.10 Å². The van der Waals surface area contributed by atoms with Crippen molar-refractivity contribution in [2.24, 2.45) is 0 Å². The first kappa shape index (κ1) is 10.4. The van der Waals surface area contributed by atoms with E-state index in [2.05, 4.69) is 10.3 Å². The summed E-state index contributed by atoms with van der Waals surface area (Å²) in [6.07, 6.45) is -0.0721. The minimum Gasteiger partial charge on any atom is -0.476 e. The van der Waals surface area contributed by atoms with Gasteiger partial charge in [0.05, 0.1) is 18.8 Å². The number of nitrogens with zero attached hydrogens (tertiary/aromatic N) is 3. The van der Waals surface area contributed by atoms with Crippen molar-refractivity contribution >= 4 is 17.3 Å². The fourth-order valence-electron chi connectivity index (χ4n) is 1.84. The van der Waals surface area contributed by atoms with E-state index in [0.717, 1.165) is 5.56 Å². The van der Waals surface area contributed by atoms with Crippen molar-refractivity contribution < 1.29 is 14.6 Å². The third-order valence-corrected chi connectivity index (χ3v) is 3.42. The maximum atomic E-state index is 10.9. The topological polar surface area (TPSA) is 77.2 Å². The van der Waals surface area contributed by atoms with Gasteiger partial charge in [-0.2, -0.15) is 11.3 Å². The molecule has 0 fully saturated rings. The van der Waals surface area contributed by atoms with E-state index < -0.39 is 5.97 Å². The zero-order valence-electron chi connectivity index (χ0n) is 8.74. The monoisotopic (exact) mass is 251 g/mol. The first-order valence-electron chi connectivity index (χ1n) is 5.05. The number of carboxylic acid groups (broad SMARTS) is 1. The van der Waals surface area contributed by atoms with Gasteiger partial charge in [-0.25, -0.2) is 9.48 Å². The number of carboxylic acids is 1. The van der Waals surface area contributed by atoms with E-state index in [0.29, 0.717) is 12.2 Å². The van der Waals surface area contributed by atoms with Crippen LogP contribution in [0.25, 0.3) is 0 Å². The number of hydrogen-bond donors (Lipinski definition) is 1. The van der Waals surface area contributed by atoms with E-state index in [9.17, 15) is 4.79 Å². The van der Waals surface area contributed by atoms with E-state index >= 15 is 0 Å². The van der Waals surface area contributed by atoms with Crippen LogP contribution in [-0.2, 0) is 17.9 Å². The van der Waals surface area contributed by atoms with Crippen molar-refractivity contribution in [3.8, 4) is 0 Å². The number of aromatic carboxylic acids is 1. The lowest BCUT2D eigenvalue weighted by Crippen LogP contribution is -2.22. The van der Waals surface area contributed by atoms with Crippen molar-refractivity contribution in [1.82, 2.24) is 15.0 Å². The summed E-state index contributed by atoms with van der Waals surface area (Å²) in [4.78, 5) is 10.9. The second-order valence-corrected chi connectivity index (χ2v) is 4.51. The Hall–Kier alpha value is -1.73. The van der Waals surface area contributed by atoms with Gasteiger partial charge in [-0.05, 0) is 22.4 Å². The van der Waals surface area contributed by atoms with Crippen LogP contribution in [-0.4, -0.2) is 26.1 Å². The van der Waals surface area contributed by atoms with Gasteiger partial charge in [0, 0.05) is 0 Å². The summed E-state index contributed by atoms with van der Waals surface area (Å²) in [6, 6.07) is 2.00. The molecular formula is C10H9N3O3S. The Labute approximate surface area is 100 Å². The second-order valence-electron chi connectivity index (χ2n) is 3.73. The number of ether oxygens (including phenoxy) is 1. The molecule has 0 aliphatic carbocycles. The minimum absolute atomic E-state index is 0.0197. The molecule has 0 radical (unpaired) electrons. The van der Waals surface area contributed by atoms with E-state index in [1.807, 2.05) is 16.8 Å². The average Bonchev–Trinajstić information content (AvgIpc) is 2.97. The highest BCUT2D eigenvalue weighted by atomic mass is 32.1. The lowest BCUT2D eigenvalue weighted by atomic mass is 10.1. The van der Waals surface area contributed by atoms with Crippen molar-refractivity contribution in [3.63, 3.8) is 0 Å². The summed E-state index contributed by atoms with van der Waals surface area (Å²) in [7, 11) is 0. The standard InChI is InChI=1S/C10H9N3O3S/c14-10(15)9-7-4-16-8(3-13(7)12-11-9)6-1-2-17-5-6/h1-2,5,8H,3-4H2,(H,14,15)/t8-/m1/s1. The highest BCUT2D eigenvalue weighted by Gasteiger charge is 2.27. The fraction of sp³-hybridized carbons (Fsp3) is 0.300. The van der Waals surface area contributed by atoms with Crippen LogP contribution in [0, 0.1) is 0 Å². The van der Waals surface area contributed by atoms with Gasteiger partial charge >= 0.3 is 5.97 Å². The largest absolute Gasteiger partial charge is 0.476 e. The molecule has 1 atom stereocenters. The van der Waals surface area contributed by atoms with Crippen LogP contribution in [0.4, 0.5) is 0 Å². The molecule has 17 heavy (non-hydrogen) atoms. The molecule has 3 heterocycles. The predicted octanol–water partition coefficient (Wildman–Crippen LogP) is 1.31. The van der Waals surface area contributed by atoms with Crippen LogP contribution in [0.1, 0.15) is 27.8 Å². The number of fused-ring (bicyclic) bond motifs is 1. The van der Waals surface area contributed by atoms with E-state index in [1.54, 1.807) is 16.0 Å². The highest BCUT2D eigenvalue weighted by Crippen LogP contribution is 2.27. The molecule has 1 aliphatic rings. The zero-order valence-corrected chi connectivity index (χ0v) is 9.55. The molecule has 2 aromatic rings. The Morgan fingerprint density at radius 3 is 3.24 bits per heavy atom. The summed E-state index contributed by atoms with van der Waals surface area (Å²) in [5.74, 6) is -1.07. The molecule has 0 spiro atoms. The van der Waals surface area contributed by atoms with Gasteiger partial charge in [0.25, 0.3) is 0 Å². The van der Waals surface area contributed by atoms with Crippen LogP contribution in [0.2, 0.25) is 0 Å². The maximum absolute atomic E-state index is 10.9. The molecule has 0 unspecified atom stereocenters. The van der Waals surface area contributed by atoms with Crippen LogP contribution in [0.5, 0.6) is 0 Å². The van der Waals surface area contributed by atoms with Crippen LogP contribution in [0.15, 0.2) is 16.8 Å². The summed E-state index contributed by atoms with van der Waals surface area (Å²) in [6.45, 7) is 0.738. The average molecular weight is 251 g/mol. The Balaban J connectivity index is 1.89. The normalized spacial score (nSPS) is 18.9. The van der Waals surface area contributed by atoms with Gasteiger partial charge in [-0.3, -0.25) is 0 Å². The molecule has 1 N–H and O–H groups in total. The summed E-state index contributed by atoms with van der Waals surface area (Å²) in [5.41, 5.74) is 1.60. The quantitative estimate of drug-likeness (QED) is 0.870. The van der Waals surface area contributed by atoms with Crippen molar-refractivity contribution in [3.05, 3.63) is 33.8 Å². The predicted molar refractivity (Wildman–Crippen MR) is 58.8 cm³/mol. The molecule has 0 saturated heterocycles. The maximum Gasteiger partial charge on any atom is 0.358 e. The smallest absolute Gasteiger partial charge is 0.358 e. The SMILES string of the molecule is O=C(O)c1nnn2c1CO[C@@H](c1ccsc1)C2. The number of aromatic nitrogens is 3. The number of thiophene rings is 1. The van der Waals surface area contributed by atoms with Crippen molar-refractivity contribution in [2.45, 2.75) is 19.3 Å². The molecule has 0 amide bonds. The summed E-state index contributed by atoms with van der Waals surface area (Å²) in [5, 5.41) is 20.4. The van der Waals surface area contributed by atoms with Crippen molar-refractivity contribution in [2.75, 3.05) is 0 Å².